The molecule has 0 radical (unpaired) electrons. The Labute approximate surface area is 106 Å². The molecular formula is C14H15N3O. The van der Waals surface area contributed by atoms with Crippen molar-refractivity contribution in [2.75, 3.05) is 6.54 Å². The van der Waals surface area contributed by atoms with Gasteiger partial charge in [0, 0.05) is 12.1 Å². The molecule has 92 valence electrons. The average Bonchev–Trinajstić information content (AvgIpc) is 3.01. The zero-order valence-electron chi connectivity index (χ0n) is 10.0. The minimum absolute atomic E-state index is 0.246. The van der Waals surface area contributed by atoms with Gasteiger partial charge in [-0.25, -0.2) is 4.98 Å². The summed E-state index contributed by atoms with van der Waals surface area (Å²) in [4.78, 5) is 4.21. The predicted octanol–water partition coefficient (Wildman–Crippen LogP) is 1.33. The normalized spacial score (nSPS) is 39.8. The average molecular weight is 241 g/mol. The van der Waals surface area contributed by atoms with Crippen molar-refractivity contribution in [1.29, 1.82) is 5.26 Å². The Kier molecular flexibility index (Phi) is 2.12. The van der Waals surface area contributed by atoms with Crippen molar-refractivity contribution >= 4 is 0 Å². The van der Waals surface area contributed by atoms with Gasteiger partial charge in [-0.15, -0.1) is 0 Å². The van der Waals surface area contributed by atoms with Crippen molar-refractivity contribution in [1.82, 2.24) is 10.3 Å². The van der Waals surface area contributed by atoms with E-state index in [1.165, 1.54) is 12.8 Å². The van der Waals surface area contributed by atoms with Crippen LogP contribution in [0.1, 0.15) is 18.5 Å². The van der Waals surface area contributed by atoms with Crippen LogP contribution in [0.25, 0.3) is 0 Å². The zero-order valence-corrected chi connectivity index (χ0v) is 10.0. The molecule has 0 aromatic carbocycles. The van der Waals surface area contributed by atoms with Gasteiger partial charge in [-0.2, -0.15) is 5.26 Å². The molecule has 3 aliphatic rings. The molecule has 1 saturated heterocycles. The van der Waals surface area contributed by atoms with E-state index in [0.29, 0.717) is 23.5 Å². The van der Waals surface area contributed by atoms with E-state index in [9.17, 15) is 0 Å². The van der Waals surface area contributed by atoms with Crippen LogP contribution in [0.2, 0.25) is 0 Å². The van der Waals surface area contributed by atoms with Crippen LogP contribution in [0.5, 0.6) is 5.88 Å². The smallest absolute Gasteiger partial charge is 0.214 e. The number of nitrogens with zero attached hydrogens (tertiary/aromatic N) is 2. The van der Waals surface area contributed by atoms with E-state index in [2.05, 4.69) is 16.4 Å². The Hall–Kier alpha value is -1.60. The van der Waals surface area contributed by atoms with Crippen molar-refractivity contribution < 1.29 is 4.74 Å². The van der Waals surface area contributed by atoms with Crippen LogP contribution >= 0.6 is 0 Å². The Balaban J connectivity index is 1.57. The molecule has 1 aromatic rings. The molecule has 18 heavy (non-hydrogen) atoms. The van der Waals surface area contributed by atoms with E-state index in [-0.39, 0.29) is 6.10 Å². The highest BCUT2D eigenvalue weighted by molar-refractivity contribution is 5.25. The molecule has 2 aliphatic carbocycles. The maximum absolute atomic E-state index is 8.85. The number of ether oxygens (including phenoxy) is 1. The van der Waals surface area contributed by atoms with Gasteiger partial charge < -0.3 is 10.1 Å². The Morgan fingerprint density at radius 2 is 2.28 bits per heavy atom. The van der Waals surface area contributed by atoms with E-state index in [1.807, 2.05) is 12.1 Å². The molecule has 4 rings (SSSR count). The van der Waals surface area contributed by atoms with Crippen LogP contribution < -0.4 is 10.1 Å². The summed E-state index contributed by atoms with van der Waals surface area (Å²) in [7, 11) is 0. The van der Waals surface area contributed by atoms with Crippen LogP contribution in [0.15, 0.2) is 18.2 Å². The van der Waals surface area contributed by atoms with Crippen molar-refractivity contribution in [3.8, 4) is 11.9 Å². The lowest BCUT2D eigenvalue weighted by molar-refractivity contribution is 0.109. The van der Waals surface area contributed by atoms with Crippen LogP contribution in [-0.2, 0) is 0 Å². The third-order valence-corrected chi connectivity index (χ3v) is 4.78. The molecule has 3 fully saturated rings. The number of nitriles is 1. The van der Waals surface area contributed by atoms with Crippen molar-refractivity contribution in [2.24, 2.45) is 17.8 Å². The van der Waals surface area contributed by atoms with Gasteiger partial charge in [-0.1, -0.05) is 6.07 Å². The number of hydrogen-bond donors (Lipinski definition) is 1. The quantitative estimate of drug-likeness (QED) is 0.848. The Bertz CT molecular complexity index is 522. The van der Waals surface area contributed by atoms with Gasteiger partial charge in [0.2, 0.25) is 5.88 Å². The van der Waals surface area contributed by atoms with E-state index in [4.69, 9.17) is 10.00 Å². The van der Waals surface area contributed by atoms with Gasteiger partial charge in [0.25, 0.3) is 0 Å². The standard InChI is InChI=1S/C14H15N3O/c15-6-10-2-1-3-12(17-10)18-14-8-4-9-7-16-13(14)11(9)5-8/h1-3,8-9,11,13-14,16H,4-5,7H2. The van der Waals surface area contributed by atoms with E-state index in [0.717, 1.165) is 18.4 Å². The van der Waals surface area contributed by atoms with Gasteiger partial charge in [-0.05, 0) is 43.2 Å². The van der Waals surface area contributed by atoms with Gasteiger partial charge in [0.1, 0.15) is 17.9 Å². The molecule has 2 heterocycles. The lowest BCUT2D eigenvalue weighted by Gasteiger charge is -2.27. The van der Waals surface area contributed by atoms with Gasteiger partial charge in [-0.3, -0.25) is 0 Å². The van der Waals surface area contributed by atoms with Gasteiger partial charge in [0.15, 0.2) is 0 Å². The second kappa shape index (κ2) is 3.69. The Morgan fingerprint density at radius 1 is 1.33 bits per heavy atom. The Morgan fingerprint density at radius 3 is 3.17 bits per heavy atom. The largest absolute Gasteiger partial charge is 0.472 e. The topological polar surface area (TPSA) is 57.9 Å². The maximum atomic E-state index is 8.85. The number of aromatic nitrogens is 1. The summed E-state index contributed by atoms with van der Waals surface area (Å²) < 4.78 is 6.06. The molecule has 2 bridgehead atoms. The van der Waals surface area contributed by atoms with E-state index < -0.39 is 0 Å². The second-order valence-corrected chi connectivity index (χ2v) is 5.64. The lowest BCUT2D eigenvalue weighted by atomic mass is 9.88. The fourth-order valence-electron chi connectivity index (χ4n) is 4.09. The second-order valence-electron chi connectivity index (χ2n) is 5.64. The summed E-state index contributed by atoms with van der Waals surface area (Å²) in [5.41, 5.74) is 0.424. The van der Waals surface area contributed by atoms with Crippen LogP contribution in [0.4, 0.5) is 0 Å². The first-order chi connectivity index (χ1) is 8.85. The molecular weight excluding hydrogens is 226 g/mol. The molecule has 5 atom stereocenters. The first-order valence-corrected chi connectivity index (χ1v) is 6.62. The minimum atomic E-state index is 0.246. The summed E-state index contributed by atoms with van der Waals surface area (Å²) in [5, 5.41) is 12.4. The first kappa shape index (κ1) is 10.3. The van der Waals surface area contributed by atoms with Crippen molar-refractivity contribution in [3.63, 3.8) is 0 Å². The summed E-state index contributed by atoms with van der Waals surface area (Å²) in [5.74, 6) is 2.95. The first-order valence-electron chi connectivity index (χ1n) is 6.62. The molecule has 1 N–H and O–H groups in total. The number of pyridine rings is 1. The van der Waals surface area contributed by atoms with Crippen LogP contribution in [0.3, 0.4) is 0 Å². The zero-order chi connectivity index (χ0) is 12.1. The molecule has 1 aliphatic heterocycles. The molecule has 5 unspecified atom stereocenters. The summed E-state index contributed by atoms with van der Waals surface area (Å²) in [6, 6.07) is 7.94. The molecule has 0 amide bonds. The number of hydrogen-bond acceptors (Lipinski definition) is 4. The molecule has 0 spiro atoms. The number of rotatable bonds is 2. The fraction of sp³-hybridized carbons (Fsp3) is 0.571. The predicted molar refractivity (Wildman–Crippen MR) is 64.9 cm³/mol. The van der Waals surface area contributed by atoms with Gasteiger partial charge >= 0.3 is 0 Å². The van der Waals surface area contributed by atoms with Crippen LogP contribution in [0, 0.1) is 29.1 Å². The third kappa shape index (κ3) is 1.37. The highest BCUT2D eigenvalue weighted by Gasteiger charge is 2.57. The SMILES string of the molecule is N#Cc1cccc(OC2C3CC4CNC2C4C3)n1. The molecule has 4 heteroatoms. The molecule has 4 nitrogen and oxygen atoms in total. The van der Waals surface area contributed by atoms with Crippen molar-refractivity contribution in [2.45, 2.75) is 25.0 Å². The summed E-state index contributed by atoms with van der Waals surface area (Å²) >= 11 is 0. The van der Waals surface area contributed by atoms with E-state index >= 15 is 0 Å². The minimum Gasteiger partial charge on any atom is -0.472 e. The fourth-order valence-corrected chi connectivity index (χ4v) is 4.09. The molecule has 1 aromatic heterocycles. The number of fused-ring (bicyclic) bond motifs is 1. The number of nitrogens with one attached hydrogen (secondary N) is 1. The third-order valence-electron chi connectivity index (χ3n) is 4.78. The maximum Gasteiger partial charge on any atom is 0.214 e. The highest BCUT2D eigenvalue weighted by atomic mass is 16.5. The van der Waals surface area contributed by atoms with Gasteiger partial charge in [0.05, 0.1) is 0 Å². The monoisotopic (exact) mass is 241 g/mol. The highest BCUT2D eigenvalue weighted by Crippen LogP contribution is 2.52. The van der Waals surface area contributed by atoms with E-state index in [1.54, 1.807) is 6.07 Å². The lowest BCUT2D eigenvalue weighted by Crippen LogP contribution is -2.41. The molecule has 2 saturated carbocycles. The van der Waals surface area contributed by atoms with Crippen molar-refractivity contribution in [3.05, 3.63) is 23.9 Å². The summed E-state index contributed by atoms with van der Waals surface area (Å²) in [6.45, 7) is 1.15. The van der Waals surface area contributed by atoms with Crippen LogP contribution in [-0.4, -0.2) is 23.7 Å². The summed E-state index contributed by atoms with van der Waals surface area (Å²) in [6.07, 6.45) is 2.83.